The summed E-state index contributed by atoms with van der Waals surface area (Å²) in [7, 11) is 0. The summed E-state index contributed by atoms with van der Waals surface area (Å²) >= 11 is 1.05. The number of aromatic amines is 1. The van der Waals surface area contributed by atoms with Crippen LogP contribution in [0.3, 0.4) is 0 Å². The van der Waals surface area contributed by atoms with E-state index in [2.05, 4.69) is 20.4 Å². The van der Waals surface area contributed by atoms with Crippen LogP contribution in [0.1, 0.15) is 0 Å². The number of benzene rings is 2. The normalized spacial score (nSPS) is 12.1. The first-order valence-corrected chi connectivity index (χ1v) is 10.5. The molecule has 2 N–H and O–H groups in total. The topological polar surface area (TPSA) is 154 Å². The summed E-state index contributed by atoms with van der Waals surface area (Å²) in [5.41, 5.74) is 0.854. The van der Waals surface area contributed by atoms with Crippen LogP contribution >= 0.6 is 11.8 Å². The number of fused-ring (bicyclic) bond motifs is 2. The monoisotopic (exact) mass is 466 g/mol. The smallest absolute Gasteiger partial charge is 0.269 e. The molecule has 1 aliphatic heterocycles. The van der Waals surface area contributed by atoms with Crippen LogP contribution in [0.15, 0.2) is 58.6 Å². The van der Waals surface area contributed by atoms with Gasteiger partial charge in [0.1, 0.15) is 5.39 Å². The van der Waals surface area contributed by atoms with Gasteiger partial charge < -0.3 is 19.8 Å². The molecule has 0 radical (unpaired) electrons. The highest BCUT2D eigenvalue weighted by atomic mass is 32.2. The first-order valence-electron chi connectivity index (χ1n) is 9.53. The summed E-state index contributed by atoms with van der Waals surface area (Å²) in [6, 6.07) is 10.8. The third kappa shape index (κ3) is 4.08. The summed E-state index contributed by atoms with van der Waals surface area (Å²) in [5.74, 6) is 0.859. The number of hydrogen-bond donors (Lipinski definition) is 2. The molecule has 0 spiro atoms. The lowest BCUT2D eigenvalue weighted by Gasteiger charge is -2.06. The van der Waals surface area contributed by atoms with Crippen molar-refractivity contribution in [2.75, 3.05) is 17.9 Å². The van der Waals surface area contributed by atoms with Crippen molar-refractivity contribution in [2.24, 2.45) is 0 Å². The first kappa shape index (κ1) is 20.5. The molecule has 0 atom stereocenters. The molecule has 5 rings (SSSR count). The van der Waals surface area contributed by atoms with E-state index >= 15 is 0 Å². The van der Waals surface area contributed by atoms with Crippen LogP contribution in [-0.4, -0.2) is 43.1 Å². The number of hydrogen-bond acceptors (Lipinski definition) is 9. The van der Waals surface area contributed by atoms with Gasteiger partial charge in [-0.3, -0.25) is 19.7 Å². The molecule has 166 valence electrons. The van der Waals surface area contributed by atoms with Crippen LogP contribution in [-0.2, 0) is 4.79 Å². The standard InChI is InChI=1S/C20H14N6O6S/c27-17(22-11-1-6-15-16(7-11)32-10-31-15)9-33-20-23-18-14(19(28)24-20)8-21-25(18)12-2-4-13(5-3-12)26(29)30/h1-8H,9-10H2,(H,22,27)(H,23,24,28). The second kappa shape index (κ2) is 8.27. The number of thioether (sulfide) groups is 1. The minimum atomic E-state index is -0.503. The number of nitro groups is 1. The second-order valence-corrected chi connectivity index (χ2v) is 7.81. The fourth-order valence-electron chi connectivity index (χ4n) is 3.18. The highest BCUT2D eigenvalue weighted by Crippen LogP contribution is 2.34. The first-order chi connectivity index (χ1) is 16.0. The molecule has 3 heterocycles. The van der Waals surface area contributed by atoms with Crippen molar-refractivity contribution >= 4 is 40.1 Å². The average Bonchev–Trinajstić information content (AvgIpc) is 3.45. The van der Waals surface area contributed by atoms with E-state index in [9.17, 15) is 19.7 Å². The van der Waals surface area contributed by atoms with Gasteiger partial charge in [-0.25, -0.2) is 9.67 Å². The number of rotatable bonds is 6. The third-order valence-electron chi connectivity index (χ3n) is 4.72. The minimum Gasteiger partial charge on any atom is -0.454 e. The van der Waals surface area contributed by atoms with Gasteiger partial charge in [0, 0.05) is 23.9 Å². The highest BCUT2D eigenvalue weighted by molar-refractivity contribution is 7.99. The molecule has 2 aromatic heterocycles. The molecule has 2 aromatic carbocycles. The number of aromatic nitrogens is 4. The number of nitrogens with one attached hydrogen (secondary N) is 2. The van der Waals surface area contributed by atoms with Gasteiger partial charge in [0.25, 0.3) is 11.2 Å². The van der Waals surface area contributed by atoms with E-state index in [0.717, 1.165) is 11.8 Å². The molecule has 33 heavy (non-hydrogen) atoms. The lowest BCUT2D eigenvalue weighted by molar-refractivity contribution is -0.384. The van der Waals surface area contributed by atoms with E-state index < -0.39 is 10.5 Å². The summed E-state index contributed by atoms with van der Waals surface area (Å²) in [4.78, 5) is 42.2. The van der Waals surface area contributed by atoms with Gasteiger partial charge in [0.2, 0.25) is 12.7 Å². The minimum absolute atomic E-state index is 0.00540. The Balaban J connectivity index is 1.33. The molecule has 0 bridgehead atoms. The molecule has 0 fully saturated rings. The van der Waals surface area contributed by atoms with Crippen molar-refractivity contribution < 1.29 is 19.2 Å². The average molecular weight is 466 g/mol. The summed E-state index contributed by atoms with van der Waals surface area (Å²) in [5, 5.41) is 18.3. The van der Waals surface area contributed by atoms with Crippen molar-refractivity contribution in [3.05, 3.63) is 69.1 Å². The largest absolute Gasteiger partial charge is 0.454 e. The van der Waals surface area contributed by atoms with Crippen LogP contribution in [0, 0.1) is 10.1 Å². The van der Waals surface area contributed by atoms with Crippen LogP contribution in [0.5, 0.6) is 11.5 Å². The van der Waals surface area contributed by atoms with E-state index in [1.165, 1.54) is 35.1 Å². The van der Waals surface area contributed by atoms with Crippen LogP contribution in [0.2, 0.25) is 0 Å². The molecule has 0 saturated carbocycles. The van der Waals surface area contributed by atoms with Crippen molar-refractivity contribution in [1.29, 1.82) is 0 Å². The maximum absolute atomic E-state index is 12.5. The van der Waals surface area contributed by atoms with E-state index in [-0.39, 0.29) is 40.3 Å². The predicted molar refractivity (Wildman–Crippen MR) is 118 cm³/mol. The number of nitrogens with zero attached hydrogens (tertiary/aromatic N) is 4. The Labute approximate surface area is 188 Å². The van der Waals surface area contributed by atoms with E-state index in [1.54, 1.807) is 18.2 Å². The zero-order valence-corrected chi connectivity index (χ0v) is 17.5. The molecular weight excluding hydrogens is 452 g/mol. The summed E-state index contributed by atoms with van der Waals surface area (Å²) < 4.78 is 11.9. The lowest BCUT2D eigenvalue weighted by atomic mass is 10.3. The number of ether oxygens (including phenoxy) is 2. The predicted octanol–water partition coefficient (Wildman–Crippen LogP) is 2.48. The number of non-ortho nitro benzene ring substituents is 1. The number of amides is 1. The Bertz CT molecular complexity index is 1450. The number of carbonyl (C=O) groups is 1. The molecule has 1 amide bonds. The number of carbonyl (C=O) groups excluding carboxylic acids is 1. The van der Waals surface area contributed by atoms with Gasteiger partial charge in [-0.05, 0) is 24.3 Å². The van der Waals surface area contributed by atoms with E-state index in [1.807, 2.05) is 0 Å². The zero-order chi connectivity index (χ0) is 22.9. The maximum Gasteiger partial charge on any atom is 0.269 e. The number of anilines is 1. The van der Waals surface area contributed by atoms with Crippen LogP contribution < -0.4 is 20.3 Å². The quantitative estimate of drug-likeness (QED) is 0.189. The van der Waals surface area contributed by atoms with Gasteiger partial charge >= 0.3 is 0 Å². The van der Waals surface area contributed by atoms with E-state index in [4.69, 9.17) is 9.47 Å². The van der Waals surface area contributed by atoms with Crippen molar-refractivity contribution in [3.8, 4) is 17.2 Å². The number of nitro benzene ring substituents is 1. The molecule has 4 aromatic rings. The van der Waals surface area contributed by atoms with Crippen molar-refractivity contribution in [2.45, 2.75) is 5.16 Å². The van der Waals surface area contributed by atoms with Crippen molar-refractivity contribution in [1.82, 2.24) is 19.7 Å². The Morgan fingerprint density at radius 3 is 2.79 bits per heavy atom. The zero-order valence-electron chi connectivity index (χ0n) is 16.7. The Kier molecular flexibility index (Phi) is 5.14. The van der Waals surface area contributed by atoms with Crippen LogP contribution in [0.25, 0.3) is 16.7 Å². The third-order valence-corrected chi connectivity index (χ3v) is 5.59. The molecule has 12 nitrogen and oxygen atoms in total. The van der Waals surface area contributed by atoms with Crippen LogP contribution in [0.4, 0.5) is 11.4 Å². The van der Waals surface area contributed by atoms with Gasteiger partial charge in [-0.2, -0.15) is 5.10 Å². The Morgan fingerprint density at radius 2 is 2.00 bits per heavy atom. The summed E-state index contributed by atoms with van der Waals surface area (Å²) in [6.45, 7) is 0.139. The van der Waals surface area contributed by atoms with Crippen molar-refractivity contribution in [3.63, 3.8) is 0 Å². The van der Waals surface area contributed by atoms with Gasteiger partial charge in [0.15, 0.2) is 22.3 Å². The molecule has 13 heteroatoms. The van der Waals surface area contributed by atoms with Gasteiger partial charge in [0.05, 0.1) is 22.6 Å². The Hall–Kier alpha value is -4.39. The SMILES string of the molecule is O=C(CSc1nc2c(cnn2-c2ccc([N+](=O)[O-])cc2)c(=O)[nH]1)Nc1ccc2c(c1)OCO2. The van der Waals surface area contributed by atoms with Gasteiger partial charge in [-0.1, -0.05) is 11.8 Å². The molecule has 1 aliphatic rings. The fraction of sp³-hybridized carbons (Fsp3) is 0.100. The summed E-state index contributed by atoms with van der Waals surface area (Å²) in [6.07, 6.45) is 1.36. The van der Waals surface area contributed by atoms with Gasteiger partial charge in [-0.15, -0.1) is 0 Å². The molecular formula is C20H14N6O6S. The molecule has 0 saturated heterocycles. The second-order valence-electron chi connectivity index (χ2n) is 6.84. The van der Waals surface area contributed by atoms with E-state index in [0.29, 0.717) is 22.9 Å². The Morgan fingerprint density at radius 1 is 1.21 bits per heavy atom. The highest BCUT2D eigenvalue weighted by Gasteiger charge is 2.16. The number of H-pyrrole nitrogens is 1. The fourth-order valence-corrected chi connectivity index (χ4v) is 3.83. The molecule has 0 unspecified atom stereocenters. The maximum atomic E-state index is 12.5. The molecule has 0 aliphatic carbocycles. The lowest BCUT2D eigenvalue weighted by Crippen LogP contribution is -2.15.